The summed E-state index contributed by atoms with van der Waals surface area (Å²) in [4.78, 5) is 14.1. The lowest BCUT2D eigenvalue weighted by atomic mass is 10.1. The third kappa shape index (κ3) is 3.69. The molecule has 4 nitrogen and oxygen atoms in total. The second-order valence-corrected chi connectivity index (χ2v) is 6.72. The van der Waals surface area contributed by atoms with Crippen LogP contribution in [-0.2, 0) is 11.2 Å². The number of rotatable bonds is 7. The van der Waals surface area contributed by atoms with E-state index in [9.17, 15) is 4.79 Å². The summed E-state index contributed by atoms with van der Waals surface area (Å²) < 4.78 is 10.6. The van der Waals surface area contributed by atoms with Crippen LogP contribution < -0.4 is 9.47 Å². The van der Waals surface area contributed by atoms with Crippen LogP contribution >= 0.6 is 11.8 Å². The summed E-state index contributed by atoms with van der Waals surface area (Å²) in [7, 11) is 3.27. The maximum absolute atomic E-state index is 12.1. The number of methoxy groups -OCH3 is 2. The fourth-order valence-corrected chi connectivity index (χ4v) is 4.09. The SMILES string of the molecule is CCC(C)C1SCC(=O)N1CCc1ccc(OC)c(OC)c1. The van der Waals surface area contributed by atoms with Crippen LogP contribution in [0.25, 0.3) is 0 Å². The average Bonchev–Trinajstić information content (AvgIpc) is 2.92. The first-order valence-corrected chi connectivity index (χ1v) is 8.77. The van der Waals surface area contributed by atoms with Gasteiger partial charge in [-0.2, -0.15) is 0 Å². The number of benzene rings is 1. The molecule has 2 atom stereocenters. The largest absolute Gasteiger partial charge is 0.493 e. The number of amides is 1. The van der Waals surface area contributed by atoms with Gasteiger partial charge in [-0.3, -0.25) is 4.79 Å². The van der Waals surface area contributed by atoms with Crippen molar-refractivity contribution in [3.63, 3.8) is 0 Å². The van der Waals surface area contributed by atoms with Gasteiger partial charge in [0.05, 0.1) is 25.3 Å². The second-order valence-electron chi connectivity index (χ2n) is 5.61. The van der Waals surface area contributed by atoms with Crippen molar-refractivity contribution in [3.8, 4) is 11.5 Å². The molecule has 0 spiro atoms. The predicted octanol–water partition coefficient (Wildman–Crippen LogP) is 3.19. The van der Waals surface area contributed by atoms with Gasteiger partial charge in [0, 0.05) is 6.54 Å². The Balaban J connectivity index is 2.03. The minimum atomic E-state index is 0.260. The average molecular weight is 323 g/mol. The van der Waals surface area contributed by atoms with E-state index in [1.807, 2.05) is 23.1 Å². The molecule has 1 amide bonds. The quantitative estimate of drug-likeness (QED) is 0.772. The van der Waals surface area contributed by atoms with Crippen molar-refractivity contribution in [2.24, 2.45) is 5.92 Å². The van der Waals surface area contributed by atoms with Gasteiger partial charge in [0.15, 0.2) is 11.5 Å². The Hall–Kier alpha value is -1.36. The molecule has 0 saturated carbocycles. The Morgan fingerprint density at radius 2 is 2.05 bits per heavy atom. The molecular weight excluding hydrogens is 298 g/mol. The van der Waals surface area contributed by atoms with Crippen molar-refractivity contribution >= 4 is 17.7 Å². The molecule has 1 aliphatic rings. The van der Waals surface area contributed by atoms with Gasteiger partial charge >= 0.3 is 0 Å². The van der Waals surface area contributed by atoms with Gasteiger partial charge in [-0.05, 0) is 30.0 Å². The molecule has 1 aromatic rings. The highest BCUT2D eigenvalue weighted by Gasteiger charge is 2.34. The van der Waals surface area contributed by atoms with Gasteiger partial charge in [0.2, 0.25) is 5.91 Å². The first-order valence-electron chi connectivity index (χ1n) is 7.72. The number of hydrogen-bond acceptors (Lipinski definition) is 4. The molecule has 1 aliphatic heterocycles. The van der Waals surface area contributed by atoms with Crippen molar-refractivity contribution in [3.05, 3.63) is 23.8 Å². The summed E-state index contributed by atoms with van der Waals surface area (Å²) in [6.07, 6.45) is 1.93. The number of carbonyl (C=O) groups excluding carboxylic acids is 1. The van der Waals surface area contributed by atoms with Crippen molar-refractivity contribution in [2.75, 3.05) is 26.5 Å². The van der Waals surface area contributed by atoms with Crippen molar-refractivity contribution in [2.45, 2.75) is 32.1 Å². The number of ether oxygens (including phenoxy) is 2. The molecule has 5 heteroatoms. The molecule has 1 fully saturated rings. The summed E-state index contributed by atoms with van der Waals surface area (Å²) in [6.45, 7) is 5.16. The third-order valence-electron chi connectivity index (χ3n) is 4.23. The molecule has 0 bridgehead atoms. The zero-order valence-corrected chi connectivity index (χ0v) is 14.6. The van der Waals surface area contributed by atoms with Gasteiger partial charge < -0.3 is 14.4 Å². The summed E-state index contributed by atoms with van der Waals surface area (Å²) >= 11 is 1.77. The number of thioether (sulfide) groups is 1. The zero-order valence-electron chi connectivity index (χ0n) is 13.8. The van der Waals surface area contributed by atoms with Crippen LogP contribution in [-0.4, -0.2) is 42.7 Å². The molecule has 1 saturated heterocycles. The molecule has 1 heterocycles. The van der Waals surface area contributed by atoms with E-state index >= 15 is 0 Å². The molecule has 122 valence electrons. The first-order chi connectivity index (χ1) is 10.6. The topological polar surface area (TPSA) is 38.8 Å². The van der Waals surface area contributed by atoms with Gasteiger partial charge in [0.1, 0.15) is 0 Å². The van der Waals surface area contributed by atoms with Crippen LogP contribution in [0.1, 0.15) is 25.8 Å². The minimum Gasteiger partial charge on any atom is -0.493 e. The lowest BCUT2D eigenvalue weighted by Crippen LogP contribution is -2.37. The summed E-state index contributed by atoms with van der Waals surface area (Å²) in [6, 6.07) is 5.94. The Morgan fingerprint density at radius 1 is 1.32 bits per heavy atom. The van der Waals surface area contributed by atoms with E-state index in [1.54, 1.807) is 26.0 Å². The Kier molecular flexibility index (Phi) is 6.00. The van der Waals surface area contributed by atoms with Crippen molar-refractivity contribution in [1.29, 1.82) is 0 Å². The Bertz CT molecular complexity index is 521. The van der Waals surface area contributed by atoms with E-state index in [0.29, 0.717) is 17.0 Å². The highest BCUT2D eigenvalue weighted by Crippen LogP contribution is 2.33. The third-order valence-corrected chi connectivity index (χ3v) is 5.70. The summed E-state index contributed by atoms with van der Waals surface area (Å²) in [5.41, 5.74) is 1.16. The Labute approximate surface area is 137 Å². The first kappa shape index (κ1) is 17.0. The highest BCUT2D eigenvalue weighted by atomic mass is 32.2. The summed E-state index contributed by atoms with van der Waals surface area (Å²) in [5.74, 6) is 2.87. The number of nitrogens with zero attached hydrogens (tertiary/aromatic N) is 1. The second kappa shape index (κ2) is 7.77. The molecule has 0 radical (unpaired) electrons. The van der Waals surface area contributed by atoms with Crippen LogP contribution in [0, 0.1) is 5.92 Å². The zero-order chi connectivity index (χ0) is 16.1. The summed E-state index contributed by atoms with van der Waals surface area (Å²) in [5, 5.41) is 0.317. The fraction of sp³-hybridized carbons (Fsp3) is 0.588. The highest BCUT2D eigenvalue weighted by molar-refractivity contribution is 8.01. The molecule has 2 unspecified atom stereocenters. The lowest BCUT2D eigenvalue weighted by Gasteiger charge is -2.28. The predicted molar refractivity (Wildman–Crippen MR) is 90.7 cm³/mol. The standard InChI is InChI=1S/C17H25NO3S/c1-5-12(2)17-18(16(19)11-22-17)9-8-13-6-7-14(20-3)15(10-13)21-4/h6-7,10,12,17H,5,8-9,11H2,1-4H3. The van der Waals surface area contributed by atoms with E-state index in [2.05, 4.69) is 13.8 Å². The van der Waals surface area contributed by atoms with Crippen LogP contribution in [0.3, 0.4) is 0 Å². The van der Waals surface area contributed by atoms with Gasteiger partial charge in [0.25, 0.3) is 0 Å². The molecular formula is C17H25NO3S. The van der Waals surface area contributed by atoms with E-state index in [1.165, 1.54) is 0 Å². The van der Waals surface area contributed by atoms with E-state index in [-0.39, 0.29) is 5.91 Å². The molecule has 0 aliphatic carbocycles. The smallest absolute Gasteiger partial charge is 0.233 e. The van der Waals surface area contributed by atoms with Crippen molar-refractivity contribution in [1.82, 2.24) is 4.90 Å². The number of hydrogen-bond donors (Lipinski definition) is 0. The van der Waals surface area contributed by atoms with E-state index in [0.717, 1.165) is 36.4 Å². The van der Waals surface area contributed by atoms with E-state index < -0.39 is 0 Å². The van der Waals surface area contributed by atoms with Crippen molar-refractivity contribution < 1.29 is 14.3 Å². The normalized spacial score (nSPS) is 19.4. The lowest BCUT2D eigenvalue weighted by molar-refractivity contribution is -0.128. The molecule has 0 N–H and O–H groups in total. The van der Waals surface area contributed by atoms with Gasteiger partial charge in [-0.1, -0.05) is 26.3 Å². The Morgan fingerprint density at radius 3 is 2.68 bits per heavy atom. The number of carbonyl (C=O) groups is 1. The molecule has 22 heavy (non-hydrogen) atoms. The minimum absolute atomic E-state index is 0.260. The molecule has 2 rings (SSSR count). The van der Waals surface area contributed by atoms with E-state index in [4.69, 9.17) is 9.47 Å². The molecule has 1 aromatic carbocycles. The van der Waals surface area contributed by atoms with Crippen LogP contribution in [0.4, 0.5) is 0 Å². The van der Waals surface area contributed by atoms with Crippen LogP contribution in [0.15, 0.2) is 18.2 Å². The van der Waals surface area contributed by atoms with Crippen LogP contribution in [0.5, 0.6) is 11.5 Å². The maximum Gasteiger partial charge on any atom is 0.233 e. The van der Waals surface area contributed by atoms with Gasteiger partial charge in [-0.25, -0.2) is 0 Å². The fourth-order valence-electron chi connectivity index (χ4n) is 2.68. The molecule has 0 aromatic heterocycles. The van der Waals surface area contributed by atoms with Gasteiger partial charge in [-0.15, -0.1) is 11.8 Å². The monoisotopic (exact) mass is 323 g/mol. The maximum atomic E-state index is 12.1. The van der Waals surface area contributed by atoms with Crippen LogP contribution in [0.2, 0.25) is 0 Å².